The topological polar surface area (TPSA) is 64.2 Å². The van der Waals surface area contributed by atoms with Crippen LogP contribution in [0.2, 0.25) is 5.15 Å². The van der Waals surface area contributed by atoms with Gasteiger partial charge in [0.2, 0.25) is 0 Å². The van der Waals surface area contributed by atoms with Gasteiger partial charge in [0.05, 0.1) is 5.56 Å². The average molecular weight is 239 g/mol. The second-order valence-corrected chi connectivity index (χ2v) is 4.39. The molecule has 0 aliphatic heterocycles. The highest BCUT2D eigenvalue weighted by Gasteiger charge is 2.11. The zero-order valence-electron chi connectivity index (χ0n) is 9.06. The molecule has 0 atom stereocenters. The van der Waals surface area contributed by atoms with Crippen LogP contribution in [0.4, 0.5) is 5.82 Å². The van der Waals surface area contributed by atoms with Crippen molar-refractivity contribution in [2.45, 2.75) is 38.1 Å². The van der Waals surface area contributed by atoms with Crippen LogP contribution in [0.1, 0.15) is 37.7 Å². The third-order valence-electron chi connectivity index (χ3n) is 2.86. The number of nitrogens with zero attached hydrogens (tertiary/aromatic N) is 3. The van der Waals surface area contributed by atoms with Gasteiger partial charge in [0.25, 0.3) is 0 Å². The van der Waals surface area contributed by atoms with E-state index >= 15 is 0 Å². The van der Waals surface area contributed by atoms with E-state index in [0.29, 0.717) is 22.6 Å². The van der Waals surface area contributed by atoms with Crippen LogP contribution in [0.15, 0.2) is 11.3 Å². The summed E-state index contributed by atoms with van der Waals surface area (Å²) in [7, 11) is 0. The van der Waals surface area contributed by atoms with Gasteiger partial charge in [-0.2, -0.15) is 0 Å². The molecule has 1 saturated carbocycles. The molecule has 86 valence electrons. The zero-order valence-corrected chi connectivity index (χ0v) is 9.82. The molecule has 0 radical (unpaired) electrons. The number of rotatable bonds is 2. The minimum Gasteiger partial charge on any atom is -0.383 e. The van der Waals surface area contributed by atoms with E-state index in [-0.39, 0.29) is 0 Å². The van der Waals surface area contributed by atoms with Crippen LogP contribution in [0.3, 0.4) is 0 Å². The Bertz CT molecular complexity index is 365. The van der Waals surface area contributed by atoms with Gasteiger partial charge in [0.15, 0.2) is 0 Å². The summed E-state index contributed by atoms with van der Waals surface area (Å²) in [4.78, 5) is 12.3. The highest BCUT2D eigenvalue weighted by atomic mass is 35.5. The standard InChI is InChI=1S/C11H15ClN4/c12-10-9(11(13)16-7-15-10)6-14-8-4-2-1-3-5-8/h6-8H,1-5H2,(H2,13,15,16). The second kappa shape index (κ2) is 5.25. The number of hydrogen-bond donors (Lipinski definition) is 1. The number of nitrogens with two attached hydrogens (primary N) is 1. The van der Waals surface area contributed by atoms with Gasteiger partial charge >= 0.3 is 0 Å². The quantitative estimate of drug-likeness (QED) is 0.636. The van der Waals surface area contributed by atoms with Crippen molar-refractivity contribution in [3.05, 3.63) is 17.0 Å². The van der Waals surface area contributed by atoms with Crippen LogP contribution >= 0.6 is 11.6 Å². The summed E-state index contributed by atoms with van der Waals surface area (Å²) in [5.74, 6) is 0.388. The molecular formula is C11H15ClN4. The Balaban J connectivity index is 2.10. The first-order valence-electron chi connectivity index (χ1n) is 5.56. The number of aromatic nitrogens is 2. The van der Waals surface area contributed by atoms with Crippen molar-refractivity contribution in [2.75, 3.05) is 5.73 Å². The average Bonchev–Trinajstić information content (AvgIpc) is 2.30. The summed E-state index contributed by atoms with van der Waals surface area (Å²) >= 11 is 5.92. The van der Waals surface area contributed by atoms with E-state index < -0.39 is 0 Å². The molecule has 1 aromatic rings. The first kappa shape index (κ1) is 11.3. The summed E-state index contributed by atoms with van der Waals surface area (Å²) in [5.41, 5.74) is 6.34. The van der Waals surface area contributed by atoms with Gasteiger partial charge in [-0.1, -0.05) is 30.9 Å². The van der Waals surface area contributed by atoms with Crippen LogP contribution in [0.5, 0.6) is 0 Å². The second-order valence-electron chi connectivity index (χ2n) is 4.03. The van der Waals surface area contributed by atoms with Gasteiger partial charge in [-0.05, 0) is 12.8 Å². The van der Waals surface area contributed by atoms with Crippen molar-refractivity contribution in [3.8, 4) is 0 Å². The minimum atomic E-state index is 0.368. The van der Waals surface area contributed by atoms with E-state index in [2.05, 4.69) is 15.0 Å². The monoisotopic (exact) mass is 238 g/mol. The van der Waals surface area contributed by atoms with E-state index in [9.17, 15) is 0 Å². The van der Waals surface area contributed by atoms with Gasteiger partial charge in [0, 0.05) is 12.3 Å². The maximum atomic E-state index is 5.92. The van der Waals surface area contributed by atoms with Gasteiger partial charge in [0.1, 0.15) is 17.3 Å². The lowest BCUT2D eigenvalue weighted by molar-refractivity contribution is 0.444. The summed E-state index contributed by atoms with van der Waals surface area (Å²) in [5, 5.41) is 0.368. The third-order valence-corrected chi connectivity index (χ3v) is 3.16. The number of hydrogen-bond acceptors (Lipinski definition) is 4. The minimum absolute atomic E-state index is 0.368. The van der Waals surface area contributed by atoms with Crippen molar-refractivity contribution in [2.24, 2.45) is 4.99 Å². The Kier molecular flexibility index (Phi) is 3.72. The largest absolute Gasteiger partial charge is 0.383 e. The SMILES string of the molecule is Nc1ncnc(Cl)c1C=NC1CCCCC1. The van der Waals surface area contributed by atoms with Crippen molar-refractivity contribution in [1.82, 2.24) is 9.97 Å². The predicted octanol–water partition coefficient (Wildman–Crippen LogP) is 2.46. The fraction of sp³-hybridized carbons (Fsp3) is 0.545. The van der Waals surface area contributed by atoms with Crippen LogP contribution in [0, 0.1) is 0 Å². The van der Waals surface area contributed by atoms with Crippen LogP contribution in [-0.2, 0) is 0 Å². The third kappa shape index (κ3) is 2.70. The molecule has 1 aliphatic rings. The normalized spacial score (nSPS) is 18.1. The lowest BCUT2D eigenvalue weighted by atomic mass is 9.96. The smallest absolute Gasteiger partial charge is 0.143 e. The molecule has 0 amide bonds. The molecule has 2 N–H and O–H groups in total. The molecular weight excluding hydrogens is 224 g/mol. The van der Waals surface area contributed by atoms with Crippen molar-refractivity contribution >= 4 is 23.6 Å². The van der Waals surface area contributed by atoms with Gasteiger partial charge in [-0.15, -0.1) is 0 Å². The Morgan fingerprint density at radius 1 is 1.31 bits per heavy atom. The zero-order chi connectivity index (χ0) is 11.4. The number of halogens is 1. The van der Waals surface area contributed by atoms with Crippen LogP contribution < -0.4 is 5.73 Å². The van der Waals surface area contributed by atoms with Crippen molar-refractivity contribution < 1.29 is 0 Å². The van der Waals surface area contributed by atoms with Crippen molar-refractivity contribution in [1.29, 1.82) is 0 Å². The van der Waals surface area contributed by atoms with Gasteiger partial charge < -0.3 is 5.73 Å². The first-order chi connectivity index (χ1) is 7.77. The first-order valence-corrected chi connectivity index (χ1v) is 5.94. The summed E-state index contributed by atoms with van der Waals surface area (Å²) in [6.07, 6.45) is 9.23. The molecule has 0 saturated heterocycles. The molecule has 2 rings (SSSR count). The molecule has 16 heavy (non-hydrogen) atoms. The molecule has 0 bridgehead atoms. The Hall–Kier alpha value is -1.16. The van der Waals surface area contributed by atoms with E-state index in [1.165, 1.54) is 25.6 Å². The number of aliphatic imine (C=N–C) groups is 1. The molecule has 0 unspecified atom stereocenters. The predicted molar refractivity (Wildman–Crippen MR) is 65.9 cm³/mol. The fourth-order valence-corrected chi connectivity index (χ4v) is 2.11. The number of anilines is 1. The lowest BCUT2D eigenvalue weighted by Crippen LogP contribution is -2.10. The van der Waals surface area contributed by atoms with Crippen molar-refractivity contribution in [3.63, 3.8) is 0 Å². The highest BCUT2D eigenvalue weighted by Crippen LogP contribution is 2.21. The highest BCUT2D eigenvalue weighted by molar-refractivity contribution is 6.32. The fourth-order valence-electron chi connectivity index (χ4n) is 1.92. The number of nitrogen functional groups attached to an aromatic ring is 1. The Labute approximate surface area is 100.0 Å². The van der Waals surface area contributed by atoms with E-state index in [1.54, 1.807) is 6.21 Å². The summed E-state index contributed by atoms with van der Waals surface area (Å²) in [6.45, 7) is 0. The summed E-state index contributed by atoms with van der Waals surface area (Å²) in [6, 6.07) is 0.407. The maximum absolute atomic E-state index is 5.92. The van der Waals surface area contributed by atoms with Gasteiger partial charge in [-0.3, -0.25) is 4.99 Å². The molecule has 1 heterocycles. The molecule has 1 aromatic heterocycles. The molecule has 5 heteroatoms. The molecule has 1 aliphatic carbocycles. The molecule has 1 fully saturated rings. The lowest BCUT2D eigenvalue weighted by Gasteiger charge is -2.17. The summed E-state index contributed by atoms with van der Waals surface area (Å²) < 4.78 is 0. The van der Waals surface area contributed by atoms with Crippen LogP contribution in [0.25, 0.3) is 0 Å². The van der Waals surface area contributed by atoms with Gasteiger partial charge in [-0.25, -0.2) is 9.97 Å². The Morgan fingerprint density at radius 2 is 2.06 bits per heavy atom. The van der Waals surface area contributed by atoms with Crippen LogP contribution in [-0.4, -0.2) is 22.2 Å². The van der Waals surface area contributed by atoms with E-state index in [1.807, 2.05) is 0 Å². The van der Waals surface area contributed by atoms with E-state index in [0.717, 1.165) is 12.8 Å². The molecule has 4 nitrogen and oxygen atoms in total. The molecule has 0 spiro atoms. The Morgan fingerprint density at radius 3 is 2.75 bits per heavy atom. The van der Waals surface area contributed by atoms with E-state index in [4.69, 9.17) is 17.3 Å². The molecule has 0 aromatic carbocycles. The maximum Gasteiger partial charge on any atom is 0.143 e.